The number of benzene rings is 1. The van der Waals surface area contributed by atoms with Crippen molar-refractivity contribution < 1.29 is 22.4 Å². The van der Waals surface area contributed by atoms with Gasteiger partial charge < -0.3 is 5.32 Å². The predicted octanol–water partition coefficient (Wildman–Crippen LogP) is 4.01. The van der Waals surface area contributed by atoms with Crippen LogP contribution in [0.1, 0.15) is 16.5 Å². The molecule has 0 aromatic heterocycles. The van der Waals surface area contributed by atoms with Gasteiger partial charge in [0.05, 0.1) is 6.42 Å². The fraction of sp³-hybridized carbons (Fsp3) is 0.364. The third-order valence-electron chi connectivity index (χ3n) is 2.75. The Kier molecular flexibility index (Phi) is 3.66. The molecule has 1 N–H and O–H groups in total. The van der Waals surface area contributed by atoms with Crippen LogP contribution < -0.4 is 5.32 Å². The van der Waals surface area contributed by atoms with Crippen molar-refractivity contribution in [1.29, 1.82) is 0 Å². The highest BCUT2D eigenvalue weighted by atomic mass is 35.5. The van der Waals surface area contributed by atoms with Gasteiger partial charge in [-0.2, -0.15) is 8.78 Å². The lowest BCUT2D eigenvalue weighted by atomic mass is 10.0. The molecule has 1 unspecified atom stereocenters. The lowest BCUT2D eigenvalue weighted by molar-refractivity contribution is -0.130. The molecule has 1 aromatic rings. The second-order valence-corrected chi connectivity index (χ2v) is 4.94. The van der Waals surface area contributed by atoms with Crippen LogP contribution in [0.5, 0.6) is 0 Å². The number of rotatable bonds is 3. The van der Waals surface area contributed by atoms with Crippen LogP contribution in [-0.2, 0) is 11.2 Å². The Labute approximate surface area is 115 Å². The van der Waals surface area contributed by atoms with Crippen LogP contribution in [-0.4, -0.2) is 18.3 Å². The topological polar surface area (TPSA) is 29.1 Å². The molecule has 1 heterocycles. The van der Waals surface area contributed by atoms with E-state index in [9.17, 15) is 22.4 Å². The Morgan fingerprint density at radius 2 is 1.95 bits per heavy atom. The van der Waals surface area contributed by atoms with E-state index in [-0.39, 0.29) is 22.9 Å². The monoisotopic (exact) mass is 315 g/mol. The van der Waals surface area contributed by atoms with Crippen molar-refractivity contribution in [2.45, 2.75) is 24.1 Å². The summed E-state index contributed by atoms with van der Waals surface area (Å²) in [5, 5.41) is 0.00751. The molecule has 8 heteroatoms. The first-order valence-electron chi connectivity index (χ1n) is 5.15. The highest BCUT2D eigenvalue weighted by Gasteiger charge is 2.49. The van der Waals surface area contributed by atoms with Crippen molar-refractivity contribution in [3.05, 3.63) is 28.3 Å². The maximum absolute atomic E-state index is 13.2. The number of halogens is 6. The number of carbonyl (C=O) groups excluding carboxylic acids is 1. The summed E-state index contributed by atoms with van der Waals surface area (Å²) in [4.78, 5) is 11.1. The zero-order valence-electron chi connectivity index (χ0n) is 9.19. The minimum Gasteiger partial charge on any atom is -0.325 e. The van der Waals surface area contributed by atoms with E-state index in [0.29, 0.717) is 11.3 Å². The Bertz CT molecular complexity index is 536. The van der Waals surface area contributed by atoms with Crippen LogP contribution in [0.2, 0.25) is 5.02 Å². The number of amides is 1. The summed E-state index contributed by atoms with van der Waals surface area (Å²) in [5.74, 6) is -4.73. The van der Waals surface area contributed by atoms with Gasteiger partial charge in [0, 0.05) is 10.7 Å². The summed E-state index contributed by atoms with van der Waals surface area (Å²) >= 11 is 11.2. The Balaban J connectivity index is 2.42. The number of nitrogens with one attached hydrogen (secondary N) is 1. The summed E-state index contributed by atoms with van der Waals surface area (Å²) in [6, 6.07) is 2.39. The molecule has 2 nitrogen and oxygen atoms in total. The molecule has 1 amide bonds. The van der Waals surface area contributed by atoms with Crippen molar-refractivity contribution in [2.75, 3.05) is 5.32 Å². The van der Waals surface area contributed by atoms with Crippen LogP contribution in [0.15, 0.2) is 12.1 Å². The quantitative estimate of drug-likeness (QED) is 0.662. The molecule has 0 saturated carbocycles. The van der Waals surface area contributed by atoms with E-state index in [1.54, 1.807) is 0 Å². The molecule has 1 atom stereocenters. The number of carbonyl (C=O) groups is 1. The highest BCUT2D eigenvalue weighted by Crippen LogP contribution is 2.45. The number of hydrogen-bond acceptors (Lipinski definition) is 1. The van der Waals surface area contributed by atoms with Gasteiger partial charge in [0.2, 0.25) is 5.91 Å². The standard InChI is InChI=1S/C11H7Cl2F4NO/c12-6-3-7-4(2-8(19)18-7)1-5(6)9(13)11(16,17)10(14)15/h1,3,9-10H,2H2,(H,18,19). The van der Waals surface area contributed by atoms with Gasteiger partial charge in [0.15, 0.2) is 0 Å². The Morgan fingerprint density at radius 1 is 1.32 bits per heavy atom. The Morgan fingerprint density at radius 3 is 2.53 bits per heavy atom. The Hall–Kier alpha value is -1.01. The number of anilines is 1. The molecule has 0 spiro atoms. The van der Waals surface area contributed by atoms with E-state index in [1.807, 2.05) is 0 Å². The van der Waals surface area contributed by atoms with E-state index < -0.39 is 17.7 Å². The van der Waals surface area contributed by atoms with Gasteiger partial charge >= 0.3 is 12.3 Å². The molecule has 0 saturated heterocycles. The average molecular weight is 316 g/mol. The summed E-state index contributed by atoms with van der Waals surface area (Å²) in [6.45, 7) is 0. The van der Waals surface area contributed by atoms with Crippen LogP contribution in [0, 0.1) is 0 Å². The molecule has 0 aliphatic carbocycles. The average Bonchev–Trinajstić information content (AvgIpc) is 2.65. The van der Waals surface area contributed by atoms with Crippen molar-refractivity contribution in [3.8, 4) is 0 Å². The van der Waals surface area contributed by atoms with Crippen molar-refractivity contribution in [1.82, 2.24) is 0 Å². The second kappa shape index (κ2) is 4.83. The summed E-state index contributed by atoms with van der Waals surface area (Å²) in [5.41, 5.74) is 0.465. The molecule has 104 valence electrons. The van der Waals surface area contributed by atoms with Gasteiger partial charge in [-0.05, 0) is 17.2 Å². The molecule has 0 bridgehead atoms. The van der Waals surface area contributed by atoms with Gasteiger partial charge in [-0.1, -0.05) is 17.7 Å². The van der Waals surface area contributed by atoms with Gasteiger partial charge in [0.1, 0.15) is 5.38 Å². The van der Waals surface area contributed by atoms with Crippen molar-refractivity contribution >= 4 is 34.8 Å². The van der Waals surface area contributed by atoms with E-state index in [0.717, 1.165) is 6.07 Å². The molecule has 2 rings (SSSR count). The van der Waals surface area contributed by atoms with Crippen LogP contribution in [0.3, 0.4) is 0 Å². The summed E-state index contributed by atoms with van der Waals surface area (Å²) < 4.78 is 51.0. The molecule has 1 aliphatic heterocycles. The second-order valence-electron chi connectivity index (χ2n) is 4.09. The predicted molar refractivity (Wildman–Crippen MR) is 63.3 cm³/mol. The first-order chi connectivity index (χ1) is 8.73. The zero-order valence-corrected chi connectivity index (χ0v) is 10.7. The van der Waals surface area contributed by atoms with E-state index in [1.165, 1.54) is 6.07 Å². The largest absolute Gasteiger partial charge is 0.327 e. The fourth-order valence-electron chi connectivity index (χ4n) is 1.78. The third-order valence-corrected chi connectivity index (χ3v) is 3.60. The van der Waals surface area contributed by atoms with E-state index in [4.69, 9.17) is 23.2 Å². The zero-order chi connectivity index (χ0) is 14.4. The smallest absolute Gasteiger partial charge is 0.325 e. The van der Waals surface area contributed by atoms with Crippen LogP contribution >= 0.6 is 23.2 Å². The summed E-state index contributed by atoms with van der Waals surface area (Å²) in [7, 11) is 0. The van der Waals surface area contributed by atoms with Gasteiger partial charge in [-0.25, -0.2) is 8.78 Å². The molecular weight excluding hydrogens is 309 g/mol. The SMILES string of the molecule is O=C1Cc2cc(C(Cl)C(F)(F)C(F)F)c(Cl)cc2N1. The molecular formula is C11H7Cl2F4NO. The minimum atomic E-state index is -4.41. The lowest BCUT2D eigenvalue weighted by Gasteiger charge is -2.22. The maximum atomic E-state index is 13.2. The summed E-state index contributed by atoms with van der Waals surface area (Å²) in [6.07, 6.45) is -3.93. The highest BCUT2D eigenvalue weighted by molar-refractivity contribution is 6.33. The molecule has 19 heavy (non-hydrogen) atoms. The number of hydrogen-bond donors (Lipinski definition) is 1. The fourth-order valence-corrected chi connectivity index (χ4v) is 2.38. The van der Waals surface area contributed by atoms with Crippen LogP contribution in [0.25, 0.3) is 0 Å². The van der Waals surface area contributed by atoms with Crippen LogP contribution in [0.4, 0.5) is 23.2 Å². The molecule has 0 radical (unpaired) electrons. The molecule has 0 fully saturated rings. The molecule has 1 aliphatic rings. The maximum Gasteiger partial charge on any atom is 0.327 e. The van der Waals surface area contributed by atoms with Gasteiger partial charge in [0.25, 0.3) is 0 Å². The van der Waals surface area contributed by atoms with E-state index in [2.05, 4.69) is 5.32 Å². The van der Waals surface area contributed by atoms with E-state index >= 15 is 0 Å². The van der Waals surface area contributed by atoms with Gasteiger partial charge in [-0.3, -0.25) is 4.79 Å². The first kappa shape index (κ1) is 14.4. The van der Waals surface area contributed by atoms with Gasteiger partial charge in [-0.15, -0.1) is 11.6 Å². The number of alkyl halides is 5. The van der Waals surface area contributed by atoms with Crippen molar-refractivity contribution in [2.24, 2.45) is 0 Å². The first-order valence-corrected chi connectivity index (χ1v) is 5.97. The number of fused-ring (bicyclic) bond motifs is 1. The molecule has 1 aromatic carbocycles. The lowest BCUT2D eigenvalue weighted by Crippen LogP contribution is -2.31. The van der Waals surface area contributed by atoms with Crippen molar-refractivity contribution in [3.63, 3.8) is 0 Å². The third kappa shape index (κ3) is 2.51. The normalized spacial score (nSPS) is 16.5. The minimum absolute atomic E-state index is 0.0244.